The molecule has 0 atom stereocenters. The summed E-state index contributed by atoms with van der Waals surface area (Å²) < 4.78 is 0. The number of hydrogen-bond acceptors (Lipinski definition) is 2. The summed E-state index contributed by atoms with van der Waals surface area (Å²) in [6.45, 7) is 5.43. The van der Waals surface area contributed by atoms with Crippen LogP contribution in [0.4, 0.5) is 0 Å². The fourth-order valence-corrected chi connectivity index (χ4v) is 1.16. The van der Waals surface area contributed by atoms with Crippen LogP contribution in [-0.2, 0) is 4.79 Å². The lowest BCUT2D eigenvalue weighted by Gasteiger charge is -2.13. The predicted octanol–water partition coefficient (Wildman–Crippen LogP) is 0.497. The molecule has 70 valence electrons. The van der Waals surface area contributed by atoms with Crippen molar-refractivity contribution in [1.29, 1.82) is 0 Å². The van der Waals surface area contributed by atoms with Gasteiger partial charge in [-0.2, -0.15) is 0 Å². The Labute approximate surface area is 73.7 Å². The second-order valence-electron chi connectivity index (χ2n) is 4.09. The van der Waals surface area contributed by atoms with Gasteiger partial charge in [0.1, 0.15) is 0 Å². The van der Waals surface area contributed by atoms with Crippen molar-refractivity contribution in [1.82, 2.24) is 5.32 Å². The number of nitrogens with one attached hydrogen (secondary N) is 1. The van der Waals surface area contributed by atoms with Gasteiger partial charge in [-0.05, 0) is 18.8 Å². The molecule has 12 heavy (non-hydrogen) atoms. The molecule has 0 bridgehead atoms. The van der Waals surface area contributed by atoms with Crippen molar-refractivity contribution in [2.75, 3.05) is 13.1 Å². The van der Waals surface area contributed by atoms with Crippen LogP contribution < -0.4 is 11.1 Å². The molecule has 1 aliphatic rings. The maximum absolute atomic E-state index is 11.5. The average Bonchev–Trinajstić information content (AvgIpc) is 2.80. The zero-order valence-corrected chi connectivity index (χ0v) is 7.89. The smallest absolute Gasteiger partial charge is 0.227 e. The highest BCUT2D eigenvalue weighted by molar-refractivity contribution is 5.85. The lowest BCUT2D eigenvalue weighted by molar-refractivity contribution is -0.126. The van der Waals surface area contributed by atoms with E-state index in [9.17, 15) is 4.79 Å². The third-order valence-corrected chi connectivity index (χ3v) is 2.40. The highest BCUT2D eigenvalue weighted by atomic mass is 16.2. The molecule has 1 fully saturated rings. The van der Waals surface area contributed by atoms with Gasteiger partial charge < -0.3 is 11.1 Å². The summed E-state index contributed by atoms with van der Waals surface area (Å²) in [6.07, 6.45) is 1.93. The van der Waals surface area contributed by atoms with Crippen LogP contribution in [-0.4, -0.2) is 19.0 Å². The van der Waals surface area contributed by atoms with Crippen molar-refractivity contribution in [3.8, 4) is 0 Å². The second-order valence-corrected chi connectivity index (χ2v) is 4.09. The molecular weight excluding hydrogens is 152 g/mol. The zero-order valence-electron chi connectivity index (χ0n) is 7.89. The average molecular weight is 170 g/mol. The Hall–Kier alpha value is -0.570. The summed E-state index contributed by atoms with van der Waals surface area (Å²) in [6, 6.07) is 0. The minimum atomic E-state index is -0.186. The van der Waals surface area contributed by atoms with E-state index in [0.717, 1.165) is 19.4 Å². The van der Waals surface area contributed by atoms with E-state index < -0.39 is 0 Å². The first-order valence-corrected chi connectivity index (χ1v) is 4.59. The van der Waals surface area contributed by atoms with Gasteiger partial charge in [-0.1, -0.05) is 13.8 Å². The summed E-state index contributed by atoms with van der Waals surface area (Å²) >= 11 is 0. The molecular formula is C9H18N2O. The maximum Gasteiger partial charge on any atom is 0.227 e. The van der Waals surface area contributed by atoms with Crippen LogP contribution in [0, 0.1) is 11.3 Å². The van der Waals surface area contributed by atoms with E-state index in [4.69, 9.17) is 5.73 Å². The first-order valence-electron chi connectivity index (χ1n) is 4.59. The Morgan fingerprint density at radius 3 is 2.50 bits per heavy atom. The molecule has 0 aliphatic heterocycles. The van der Waals surface area contributed by atoms with Crippen LogP contribution in [0.1, 0.15) is 26.7 Å². The number of carbonyl (C=O) groups excluding carboxylic acids is 1. The van der Waals surface area contributed by atoms with Crippen molar-refractivity contribution >= 4 is 5.91 Å². The quantitative estimate of drug-likeness (QED) is 0.645. The van der Waals surface area contributed by atoms with Crippen LogP contribution in [0.3, 0.4) is 0 Å². The minimum Gasteiger partial charge on any atom is -0.355 e. The van der Waals surface area contributed by atoms with Gasteiger partial charge in [0.05, 0.1) is 5.41 Å². The molecule has 0 unspecified atom stereocenters. The Balaban J connectivity index is 2.29. The Bertz CT molecular complexity index is 173. The van der Waals surface area contributed by atoms with Gasteiger partial charge in [0.25, 0.3) is 0 Å². The lowest BCUT2D eigenvalue weighted by atomic mass is 10.1. The summed E-state index contributed by atoms with van der Waals surface area (Å²) in [5.41, 5.74) is 5.33. The minimum absolute atomic E-state index is 0.152. The van der Waals surface area contributed by atoms with Gasteiger partial charge >= 0.3 is 0 Å². The van der Waals surface area contributed by atoms with Gasteiger partial charge in [0.2, 0.25) is 5.91 Å². The fourth-order valence-electron chi connectivity index (χ4n) is 1.16. The largest absolute Gasteiger partial charge is 0.355 e. The Morgan fingerprint density at radius 2 is 2.17 bits per heavy atom. The Kier molecular flexibility index (Phi) is 2.73. The number of carbonyl (C=O) groups is 1. The first-order chi connectivity index (χ1) is 5.60. The highest BCUT2D eigenvalue weighted by Gasteiger charge is 2.48. The van der Waals surface area contributed by atoms with Crippen LogP contribution in [0.5, 0.6) is 0 Å². The van der Waals surface area contributed by atoms with Crippen LogP contribution in [0.25, 0.3) is 0 Å². The monoisotopic (exact) mass is 170 g/mol. The van der Waals surface area contributed by atoms with Crippen LogP contribution >= 0.6 is 0 Å². The lowest BCUT2D eigenvalue weighted by Crippen LogP contribution is -2.38. The molecule has 1 amide bonds. The van der Waals surface area contributed by atoms with E-state index in [1.807, 2.05) is 0 Å². The molecule has 1 saturated carbocycles. The van der Waals surface area contributed by atoms with Crippen molar-refractivity contribution in [2.24, 2.45) is 17.1 Å². The van der Waals surface area contributed by atoms with E-state index in [1.54, 1.807) is 0 Å². The number of amides is 1. The van der Waals surface area contributed by atoms with E-state index >= 15 is 0 Å². The summed E-state index contributed by atoms with van der Waals surface area (Å²) in [5.74, 6) is 0.668. The molecule has 1 rings (SSSR count). The molecule has 1 aliphatic carbocycles. The maximum atomic E-state index is 11.5. The molecule has 0 spiro atoms. The van der Waals surface area contributed by atoms with Crippen LogP contribution in [0.15, 0.2) is 0 Å². The second kappa shape index (κ2) is 3.44. The van der Waals surface area contributed by atoms with Gasteiger partial charge in [-0.25, -0.2) is 0 Å². The molecule has 3 nitrogen and oxygen atoms in total. The van der Waals surface area contributed by atoms with Gasteiger partial charge in [-0.3, -0.25) is 4.79 Å². The molecule has 3 N–H and O–H groups in total. The summed E-state index contributed by atoms with van der Waals surface area (Å²) in [4.78, 5) is 11.5. The fraction of sp³-hybridized carbons (Fsp3) is 0.889. The van der Waals surface area contributed by atoms with Crippen molar-refractivity contribution in [3.05, 3.63) is 0 Å². The number of hydrogen-bond donors (Lipinski definition) is 2. The van der Waals surface area contributed by atoms with Crippen LogP contribution in [0.2, 0.25) is 0 Å². The van der Waals surface area contributed by atoms with E-state index in [0.29, 0.717) is 12.5 Å². The van der Waals surface area contributed by atoms with E-state index in [1.165, 1.54) is 0 Å². The van der Waals surface area contributed by atoms with E-state index in [2.05, 4.69) is 19.2 Å². The van der Waals surface area contributed by atoms with Gasteiger partial charge in [-0.15, -0.1) is 0 Å². The molecule has 0 saturated heterocycles. The number of rotatable bonds is 4. The third-order valence-electron chi connectivity index (χ3n) is 2.40. The van der Waals surface area contributed by atoms with Crippen molar-refractivity contribution < 1.29 is 4.79 Å². The molecule has 3 heteroatoms. The summed E-state index contributed by atoms with van der Waals surface area (Å²) in [5, 5.41) is 2.92. The first kappa shape index (κ1) is 9.52. The molecule has 0 aromatic carbocycles. The molecule has 0 aromatic rings. The number of nitrogens with two attached hydrogens (primary N) is 1. The highest BCUT2D eigenvalue weighted by Crippen LogP contribution is 2.44. The predicted molar refractivity (Wildman–Crippen MR) is 48.6 cm³/mol. The topological polar surface area (TPSA) is 55.1 Å². The standard InChI is InChI=1S/C9H18N2O/c1-7(2)5-11-8(12)9(6-10)3-4-9/h7H,3-6,10H2,1-2H3,(H,11,12). The molecule has 0 heterocycles. The van der Waals surface area contributed by atoms with Crippen molar-refractivity contribution in [3.63, 3.8) is 0 Å². The molecule has 0 radical (unpaired) electrons. The zero-order chi connectivity index (χ0) is 9.19. The SMILES string of the molecule is CC(C)CNC(=O)C1(CN)CC1. The van der Waals surface area contributed by atoms with Crippen molar-refractivity contribution in [2.45, 2.75) is 26.7 Å². The normalized spacial score (nSPS) is 19.3. The third kappa shape index (κ3) is 1.97. The summed E-state index contributed by atoms with van der Waals surface area (Å²) in [7, 11) is 0. The van der Waals surface area contributed by atoms with Gasteiger partial charge in [0.15, 0.2) is 0 Å². The van der Waals surface area contributed by atoms with Gasteiger partial charge in [0, 0.05) is 13.1 Å². The molecule has 0 aromatic heterocycles. The van der Waals surface area contributed by atoms with E-state index in [-0.39, 0.29) is 11.3 Å². The Morgan fingerprint density at radius 1 is 1.58 bits per heavy atom.